The monoisotopic (exact) mass is 563 g/mol. The summed E-state index contributed by atoms with van der Waals surface area (Å²) in [4.78, 5) is 42.4. The number of nitrogens with zero attached hydrogens (tertiary/aromatic N) is 3. The third-order valence-electron chi connectivity index (χ3n) is 6.92. The molecule has 3 aromatic rings. The van der Waals surface area contributed by atoms with E-state index in [1.807, 2.05) is 24.3 Å². The standard InChI is InChI=1S/C25H30BrN3O5S/c1-15-19-21(30)29(25(2,3)23(31)32)24(33)28(22(19)35-20(15)26)14-17(27-12-8-5-9-13-27)16-10-6-7-11-18(16)34-4/h6-7,10-11,17H,5,8-9,12-14H2,1-4H3,(H,31,32). The zero-order valence-electron chi connectivity index (χ0n) is 20.3. The summed E-state index contributed by atoms with van der Waals surface area (Å²) in [6.45, 7) is 6.60. The average molecular weight is 565 g/mol. The van der Waals surface area contributed by atoms with Crippen molar-refractivity contribution in [3.63, 3.8) is 0 Å². The number of piperidine rings is 1. The van der Waals surface area contributed by atoms with E-state index in [9.17, 15) is 19.5 Å². The summed E-state index contributed by atoms with van der Waals surface area (Å²) in [5, 5.41) is 10.2. The fourth-order valence-corrected chi connectivity index (χ4v) is 6.51. The van der Waals surface area contributed by atoms with E-state index in [4.69, 9.17) is 4.74 Å². The van der Waals surface area contributed by atoms with Crippen LogP contribution in [0, 0.1) is 6.92 Å². The lowest BCUT2D eigenvalue weighted by atomic mass is 10.00. The Morgan fingerprint density at radius 2 is 1.86 bits per heavy atom. The molecule has 0 amide bonds. The smallest absolute Gasteiger partial charge is 0.333 e. The number of aryl methyl sites for hydroxylation is 1. The van der Waals surface area contributed by atoms with Crippen molar-refractivity contribution in [1.82, 2.24) is 14.0 Å². The number of aliphatic carboxylic acids is 1. The van der Waals surface area contributed by atoms with Crippen LogP contribution < -0.4 is 16.0 Å². The summed E-state index contributed by atoms with van der Waals surface area (Å²) in [5.74, 6) is -0.512. The summed E-state index contributed by atoms with van der Waals surface area (Å²) in [6.07, 6.45) is 3.28. The largest absolute Gasteiger partial charge is 0.496 e. The van der Waals surface area contributed by atoms with Gasteiger partial charge in [-0.05, 0) is 74.3 Å². The van der Waals surface area contributed by atoms with Gasteiger partial charge in [0.2, 0.25) is 0 Å². The first kappa shape index (κ1) is 25.7. The molecule has 1 aliphatic rings. The van der Waals surface area contributed by atoms with Gasteiger partial charge in [-0.25, -0.2) is 14.2 Å². The van der Waals surface area contributed by atoms with Crippen LogP contribution in [0.2, 0.25) is 0 Å². The Kier molecular flexibility index (Phi) is 7.26. The predicted molar refractivity (Wildman–Crippen MR) is 141 cm³/mol. The maximum Gasteiger partial charge on any atom is 0.333 e. The number of aromatic nitrogens is 2. The summed E-state index contributed by atoms with van der Waals surface area (Å²) in [5.41, 5.74) is -1.26. The number of carbonyl (C=O) groups is 1. The fraction of sp³-hybridized carbons (Fsp3) is 0.480. The van der Waals surface area contributed by atoms with Gasteiger partial charge in [0.05, 0.1) is 22.3 Å². The Labute approximate surface area is 215 Å². The molecule has 10 heteroatoms. The molecule has 0 bridgehead atoms. The van der Waals surface area contributed by atoms with Crippen LogP contribution in [0.15, 0.2) is 37.6 Å². The maximum atomic E-state index is 13.9. The van der Waals surface area contributed by atoms with E-state index in [1.165, 1.54) is 25.2 Å². The molecule has 0 spiro atoms. The van der Waals surface area contributed by atoms with Gasteiger partial charge >= 0.3 is 11.7 Å². The van der Waals surface area contributed by atoms with Gasteiger partial charge in [0.15, 0.2) is 0 Å². The third kappa shape index (κ3) is 4.47. The molecule has 1 fully saturated rings. The summed E-state index contributed by atoms with van der Waals surface area (Å²) < 4.78 is 8.89. The quantitative estimate of drug-likeness (QED) is 0.459. The van der Waals surface area contributed by atoms with Gasteiger partial charge in [-0.3, -0.25) is 14.3 Å². The van der Waals surface area contributed by atoms with Crippen molar-refractivity contribution in [2.75, 3.05) is 20.2 Å². The Bertz CT molecular complexity index is 1380. The molecule has 3 heterocycles. The van der Waals surface area contributed by atoms with E-state index in [0.29, 0.717) is 15.8 Å². The van der Waals surface area contributed by atoms with Crippen molar-refractivity contribution in [3.05, 3.63) is 60.0 Å². The van der Waals surface area contributed by atoms with Crippen LogP contribution in [0.1, 0.15) is 50.3 Å². The summed E-state index contributed by atoms with van der Waals surface area (Å²) in [7, 11) is 1.63. The molecule has 35 heavy (non-hydrogen) atoms. The lowest BCUT2D eigenvalue weighted by Gasteiger charge is -2.36. The van der Waals surface area contributed by atoms with E-state index in [0.717, 1.165) is 52.0 Å². The number of carboxylic acids is 1. The Balaban J connectivity index is 2.00. The van der Waals surface area contributed by atoms with Crippen molar-refractivity contribution in [1.29, 1.82) is 0 Å². The molecule has 1 aromatic carbocycles. The minimum Gasteiger partial charge on any atom is -0.496 e. The van der Waals surface area contributed by atoms with Crippen molar-refractivity contribution >= 4 is 43.5 Å². The van der Waals surface area contributed by atoms with Crippen LogP contribution in [-0.2, 0) is 16.9 Å². The average Bonchev–Trinajstić information content (AvgIpc) is 3.13. The second-order valence-corrected chi connectivity index (χ2v) is 11.8. The molecule has 1 atom stereocenters. The highest BCUT2D eigenvalue weighted by molar-refractivity contribution is 9.11. The summed E-state index contributed by atoms with van der Waals surface area (Å²) in [6, 6.07) is 7.59. The van der Waals surface area contributed by atoms with Crippen LogP contribution in [-0.4, -0.2) is 45.3 Å². The Hall–Kier alpha value is -2.43. The zero-order valence-corrected chi connectivity index (χ0v) is 22.7. The number of thiophene rings is 1. The van der Waals surface area contributed by atoms with Gasteiger partial charge in [0.25, 0.3) is 5.56 Å². The van der Waals surface area contributed by atoms with E-state index in [1.54, 1.807) is 18.6 Å². The maximum absolute atomic E-state index is 13.9. The molecule has 2 aromatic heterocycles. The minimum atomic E-state index is -1.71. The van der Waals surface area contributed by atoms with E-state index < -0.39 is 22.8 Å². The second-order valence-electron chi connectivity index (χ2n) is 9.43. The van der Waals surface area contributed by atoms with Gasteiger partial charge in [-0.15, -0.1) is 11.3 Å². The molecule has 1 N–H and O–H groups in total. The van der Waals surface area contributed by atoms with E-state index in [-0.39, 0.29) is 12.6 Å². The number of hydrogen-bond acceptors (Lipinski definition) is 6. The number of halogens is 1. The van der Waals surface area contributed by atoms with Crippen molar-refractivity contribution in [2.24, 2.45) is 0 Å². The van der Waals surface area contributed by atoms with Crippen molar-refractivity contribution in [3.8, 4) is 5.75 Å². The van der Waals surface area contributed by atoms with Gasteiger partial charge < -0.3 is 9.84 Å². The Morgan fingerprint density at radius 1 is 1.20 bits per heavy atom. The molecule has 1 aliphatic heterocycles. The Morgan fingerprint density at radius 3 is 2.49 bits per heavy atom. The number of methoxy groups -OCH3 is 1. The zero-order chi connectivity index (χ0) is 25.5. The highest BCUT2D eigenvalue weighted by atomic mass is 79.9. The molecule has 8 nitrogen and oxygen atoms in total. The highest BCUT2D eigenvalue weighted by Crippen LogP contribution is 2.36. The number of likely N-dealkylation sites (tertiary alicyclic amines) is 1. The van der Waals surface area contributed by atoms with Crippen LogP contribution in [0.3, 0.4) is 0 Å². The first-order chi connectivity index (χ1) is 16.6. The fourth-order valence-electron chi connectivity index (χ4n) is 4.82. The van der Waals surface area contributed by atoms with Gasteiger partial charge in [0.1, 0.15) is 16.1 Å². The predicted octanol–water partition coefficient (Wildman–Crippen LogP) is 4.35. The van der Waals surface area contributed by atoms with Gasteiger partial charge in [-0.2, -0.15) is 0 Å². The number of benzene rings is 1. The van der Waals surface area contributed by atoms with Crippen molar-refractivity contribution in [2.45, 2.75) is 58.2 Å². The molecular formula is C25H30BrN3O5S. The first-order valence-electron chi connectivity index (χ1n) is 11.6. The van der Waals surface area contributed by atoms with Crippen LogP contribution in [0.4, 0.5) is 0 Å². The van der Waals surface area contributed by atoms with E-state index >= 15 is 0 Å². The number of carboxylic acid groups (broad SMARTS) is 1. The third-order valence-corrected chi connectivity index (χ3v) is 9.11. The number of fused-ring (bicyclic) bond motifs is 1. The number of para-hydroxylation sites is 1. The lowest BCUT2D eigenvalue weighted by molar-refractivity contribution is -0.146. The molecule has 1 unspecified atom stereocenters. The molecule has 188 valence electrons. The molecule has 1 saturated heterocycles. The van der Waals surface area contributed by atoms with Crippen molar-refractivity contribution < 1.29 is 14.6 Å². The molecule has 0 saturated carbocycles. The molecule has 4 rings (SSSR count). The van der Waals surface area contributed by atoms with Gasteiger partial charge in [0, 0.05) is 12.1 Å². The molecule has 0 radical (unpaired) electrons. The van der Waals surface area contributed by atoms with Gasteiger partial charge in [-0.1, -0.05) is 24.6 Å². The van der Waals surface area contributed by atoms with Crippen LogP contribution in [0.5, 0.6) is 5.75 Å². The lowest BCUT2D eigenvalue weighted by Crippen LogP contribution is -2.53. The second kappa shape index (κ2) is 9.91. The summed E-state index contributed by atoms with van der Waals surface area (Å²) >= 11 is 4.85. The number of ether oxygens (including phenoxy) is 1. The first-order valence-corrected chi connectivity index (χ1v) is 13.3. The highest BCUT2D eigenvalue weighted by Gasteiger charge is 2.36. The number of rotatable bonds is 7. The molecular weight excluding hydrogens is 534 g/mol. The van der Waals surface area contributed by atoms with Crippen LogP contribution >= 0.6 is 27.3 Å². The number of hydrogen-bond donors (Lipinski definition) is 1. The van der Waals surface area contributed by atoms with E-state index in [2.05, 4.69) is 20.8 Å². The molecule has 0 aliphatic carbocycles. The SMILES string of the molecule is COc1ccccc1C(Cn1c(=O)n(C(C)(C)C(=O)O)c(=O)c2c(C)c(Br)sc21)N1CCCCC1. The topological polar surface area (TPSA) is 93.8 Å². The van der Waals surface area contributed by atoms with Crippen LogP contribution in [0.25, 0.3) is 10.2 Å². The minimum absolute atomic E-state index is 0.188. The normalized spacial score (nSPS) is 15.9.